The van der Waals surface area contributed by atoms with E-state index in [1.165, 1.54) is 24.8 Å². The standard InChI is InChI=1S/C17H28N2O.2H2/c1-4-5-6-7-12-18-17(20)16-10-8-15(9-11-16)13-19-14(2)3;;/h8-11,14,19H,4-7,12-13H2,1-3H3,(H,18,20);2*1H. The molecule has 3 nitrogen and oxygen atoms in total. The van der Waals surface area contributed by atoms with Crippen LogP contribution in [0.25, 0.3) is 0 Å². The zero-order valence-corrected chi connectivity index (χ0v) is 13.0. The smallest absolute Gasteiger partial charge is 0.251 e. The quantitative estimate of drug-likeness (QED) is 0.672. The maximum atomic E-state index is 11.9. The monoisotopic (exact) mass is 280 g/mol. The molecule has 1 aromatic carbocycles. The fourth-order valence-corrected chi connectivity index (χ4v) is 1.95. The van der Waals surface area contributed by atoms with Crippen LogP contribution in [0.2, 0.25) is 0 Å². The molecule has 0 radical (unpaired) electrons. The average molecular weight is 280 g/mol. The molecule has 2 N–H and O–H groups in total. The lowest BCUT2D eigenvalue weighted by Crippen LogP contribution is -2.24. The van der Waals surface area contributed by atoms with E-state index < -0.39 is 0 Å². The lowest BCUT2D eigenvalue weighted by molar-refractivity contribution is 0.0953. The molecule has 0 saturated heterocycles. The first-order chi connectivity index (χ1) is 9.63. The molecule has 116 valence electrons. The molecule has 1 amide bonds. The largest absolute Gasteiger partial charge is 0.352 e. The number of unbranched alkanes of at least 4 members (excludes halogenated alkanes) is 3. The molecule has 0 aliphatic heterocycles. The van der Waals surface area contributed by atoms with Crippen molar-refractivity contribution in [1.29, 1.82) is 0 Å². The van der Waals surface area contributed by atoms with Gasteiger partial charge in [0.25, 0.3) is 5.91 Å². The van der Waals surface area contributed by atoms with Crippen molar-refractivity contribution in [3.8, 4) is 0 Å². The van der Waals surface area contributed by atoms with Crippen LogP contribution in [0.15, 0.2) is 24.3 Å². The minimum Gasteiger partial charge on any atom is -0.352 e. The van der Waals surface area contributed by atoms with E-state index in [-0.39, 0.29) is 8.76 Å². The van der Waals surface area contributed by atoms with E-state index in [1.807, 2.05) is 24.3 Å². The summed E-state index contributed by atoms with van der Waals surface area (Å²) in [7, 11) is 0. The van der Waals surface area contributed by atoms with E-state index in [4.69, 9.17) is 0 Å². The highest BCUT2D eigenvalue weighted by Gasteiger charge is 2.04. The van der Waals surface area contributed by atoms with Crippen molar-refractivity contribution in [3.63, 3.8) is 0 Å². The van der Waals surface area contributed by atoms with E-state index >= 15 is 0 Å². The maximum absolute atomic E-state index is 11.9. The second kappa shape index (κ2) is 9.54. The van der Waals surface area contributed by atoms with E-state index in [1.54, 1.807) is 0 Å². The van der Waals surface area contributed by atoms with Crippen molar-refractivity contribution in [2.75, 3.05) is 6.54 Å². The van der Waals surface area contributed by atoms with E-state index in [2.05, 4.69) is 31.4 Å². The minimum atomic E-state index is 0. The fourth-order valence-electron chi connectivity index (χ4n) is 1.95. The van der Waals surface area contributed by atoms with Gasteiger partial charge in [0.1, 0.15) is 0 Å². The summed E-state index contributed by atoms with van der Waals surface area (Å²) >= 11 is 0. The van der Waals surface area contributed by atoms with Gasteiger partial charge >= 0.3 is 0 Å². The van der Waals surface area contributed by atoms with Crippen LogP contribution in [0.4, 0.5) is 0 Å². The molecular formula is C17H32N2O. The molecule has 0 unspecified atom stereocenters. The summed E-state index contributed by atoms with van der Waals surface area (Å²) in [6.07, 6.45) is 4.72. The number of carbonyl (C=O) groups is 1. The molecule has 0 saturated carbocycles. The lowest BCUT2D eigenvalue weighted by Gasteiger charge is -2.09. The Kier molecular flexibility index (Phi) is 7.97. The zero-order chi connectivity index (χ0) is 14.8. The van der Waals surface area contributed by atoms with Crippen LogP contribution in [0, 0.1) is 0 Å². The Morgan fingerprint density at radius 1 is 1.15 bits per heavy atom. The number of rotatable bonds is 9. The number of carbonyl (C=O) groups excluding carboxylic acids is 1. The number of amides is 1. The Labute approximate surface area is 126 Å². The molecule has 20 heavy (non-hydrogen) atoms. The molecule has 0 aromatic heterocycles. The van der Waals surface area contributed by atoms with Crippen LogP contribution in [-0.4, -0.2) is 18.5 Å². The van der Waals surface area contributed by atoms with Crippen LogP contribution in [0.3, 0.4) is 0 Å². The number of hydrogen-bond acceptors (Lipinski definition) is 2. The van der Waals surface area contributed by atoms with Crippen molar-refractivity contribution in [2.45, 2.75) is 59.0 Å². The van der Waals surface area contributed by atoms with Crippen molar-refractivity contribution < 1.29 is 7.65 Å². The SMILES string of the molecule is CCCCCCNC(=O)c1ccc(CNC(C)C)cc1.[HH].[HH]. The highest BCUT2D eigenvalue weighted by Crippen LogP contribution is 2.05. The van der Waals surface area contributed by atoms with Crippen LogP contribution in [-0.2, 0) is 6.54 Å². The first-order valence-corrected chi connectivity index (χ1v) is 7.74. The molecular weight excluding hydrogens is 248 g/mol. The molecule has 0 aliphatic rings. The molecule has 0 aliphatic carbocycles. The predicted octanol–water partition coefficient (Wildman–Crippen LogP) is 3.99. The summed E-state index contributed by atoms with van der Waals surface area (Å²) in [4.78, 5) is 11.9. The third kappa shape index (κ3) is 6.71. The van der Waals surface area contributed by atoms with Gasteiger partial charge in [0.15, 0.2) is 0 Å². The van der Waals surface area contributed by atoms with Gasteiger partial charge in [-0.3, -0.25) is 4.79 Å². The van der Waals surface area contributed by atoms with Crippen LogP contribution in [0.1, 0.15) is 65.2 Å². The minimum absolute atomic E-state index is 0. The summed E-state index contributed by atoms with van der Waals surface area (Å²) in [5.74, 6) is 0.0323. The molecule has 0 heterocycles. The summed E-state index contributed by atoms with van der Waals surface area (Å²) in [6, 6.07) is 8.31. The zero-order valence-electron chi connectivity index (χ0n) is 13.0. The predicted molar refractivity (Wildman–Crippen MR) is 89.1 cm³/mol. The summed E-state index contributed by atoms with van der Waals surface area (Å²) in [5, 5.41) is 6.34. The van der Waals surface area contributed by atoms with Gasteiger partial charge in [-0.15, -0.1) is 0 Å². The molecule has 0 spiro atoms. The molecule has 3 heteroatoms. The Morgan fingerprint density at radius 2 is 1.85 bits per heavy atom. The maximum Gasteiger partial charge on any atom is 0.251 e. The van der Waals surface area contributed by atoms with Crippen LogP contribution in [0.5, 0.6) is 0 Å². The van der Waals surface area contributed by atoms with Gasteiger partial charge in [0, 0.05) is 27.5 Å². The first-order valence-electron chi connectivity index (χ1n) is 7.74. The Bertz CT molecular complexity index is 394. The number of hydrogen-bond donors (Lipinski definition) is 2. The second-order valence-corrected chi connectivity index (χ2v) is 5.55. The fraction of sp³-hybridized carbons (Fsp3) is 0.588. The van der Waals surface area contributed by atoms with Gasteiger partial charge in [-0.1, -0.05) is 52.2 Å². The highest BCUT2D eigenvalue weighted by atomic mass is 16.1. The van der Waals surface area contributed by atoms with E-state index in [0.717, 1.165) is 25.1 Å². The Morgan fingerprint density at radius 3 is 2.45 bits per heavy atom. The second-order valence-electron chi connectivity index (χ2n) is 5.55. The molecule has 0 fully saturated rings. The van der Waals surface area contributed by atoms with E-state index in [9.17, 15) is 4.79 Å². The first kappa shape index (κ1) is 16.7. The van der Waals surface area contributed by atoms with Crippen molar-refractivity contribution in [2.24, 2.45) is 0 Å². The average Bonchev–Trinajstić information content (AvgIpc) is 2.45. The third-order valence-electron chi connectivity index (χ3n) is 3.25. The molecule has 0 atom stereocenters. The highest BCUT2D eigenvalue weighted by molar-refractivity contribution is 5.94. The summed E-state index contributed by atoms with van der Waals surface area (Å²) < 4.78 is 0. The summed E-state index contributed by atoms with van der Waals surface area (Å²) in [5.41, 5.74) is 1.95. The normalized spacial score (nSPS) is 10.8. The molecule has 1 rings (SSSR count). The number of nitrogens with one attached hydrogen (secondary N) is 2. The van der Waals surface area contributed by atoms with Crippen LogP contribution >= 0.6 is 0 Å². The van der Waals surface area contributed by atoms with Crippen molar-refractivity contribution in [1.82, 2.24) is 10.6 Å². The molecule has 0 bridgehead atoms. The molecule has 1 aromatic rings. The van der Waals surface area contributed by atoms with Gasteiger partial charge in [0.05, 0.1) is 0 Å². The number of benzene rings is 1. The van der Waals surface area contributed by atoms with E-state index in [0.29, 0.717) is 6.04 Å². The van der Waals surface area contributed by atoms with Gasteiger partial charge in [-0.2, -0.15) is 0 Å². The Hall–Kier alpha value is -1.35. The third-order valence-corrected chi connectivity index (χ3v) is 3.25. The van der Waals surface area contributed by atoms with Crippen molar-refractivity contribution in [3.05, 3.63) is 35.4 Å². The van der Waals surface area contributed by atoms with Crippen molar-refractivity contribution >= 4 is 5.91 Å². The van der Waals surface area contributed by atoms with Crippen LogP contribution < -0.4 is 10.6 Å². The Balaban J connectivity index is 0. The van der Waals surface area contributed by atoms with Gasteiger partial charge < -0.3 is 10.6 Å². The van der Waals surface area contributed by atoms with Gasteiger partial charge in [-0.05, 0) is 24.1 Å². The van der Waals surface area contributed by atoms with Gasteiger partial charge in [0.2, 0.25) is 0 Å². The topological polar surface area (TPSA) is 41.1 Å². The van der Waals surface area contributed by atoms with Gasteiger partial charge in [-0.25, -0.2) is 0 Å². The lowest BCUT2D eigenvalue weighted by atomic mass is 10.1. The summed E-state index contributed by atoms with van der Waals surface area (Å²) in [6.45, 7) is 8.06.